The third-order valence-corrected chi connectivity index (χ3v) is 1.82. The average molecular weight is 187 g/mol. The molecule has 0 aliphatic heterocycles. The Morgan fingerprint density at radius 3 is 2.71 bits per heavy atom. The van der Waals surface area contributed by atoms with Gasteiger partial charge in [0.2, 0.25) is 5.91 Å². The predicted octanol–water partition coefficient (Wildman–Crippen LogP) is 2.54. The molecule has 0 saturated heterocycles. The summed E-state index contributed by atoms with van der Waals surface area (Å²) in [5.41, 5.74) is 1.87. The Morgan fingerprint density at radius 2 is 2.07 bits per heavy atom. The van der Waals surface area contributed by atoms with Crippen molar-refractivity contribution in [3.8, 4) is 0 Å². The predicted molar refractivity (Wildman–Crippen MR) is 59.2 cm³/mol. The number of carbonyl (C=O) groups excluding carboxylic acids is 1. The highest BCUT2D eigenvalue weighted by molar-refractivity contribution is 5.99. The van der Waals surface area contributed by atoms with E-state index in [2.05, 4.69) is 18.5 Å². The van der Waals surface area contributed by atoms with Crippen molar-refractivity contribution in [1.82, 2.24) is 0 Å². The van der Waals surface area contributed by atoms with Gasteiger partial charge in [-0.25, -0.2) is 0 Å². The molecule has 0 atom stereocenters. The Balaban J connectivity index is 2.88. The first-order valence-electron chi connectivity index (χ1n) is 4.40. The van der Waals surface area contributed by atoms with Gasteiger partial charge in [0, 0.05) is 5.69 Å². The van der Waals surface area contributed by atoms with Crippen LogP contribution in [-0.4, -0.2) is 5.91 Å². The number of para-hydroxylation sites is 1. The Labute approximate surface area is 84.0 Å². The zero-order valence-electron chi connectivity index (χ0n) is 7.99. The van der Waals surface area contributed by atoms with Crippen LogP contribution in [0, 0.1) is 0 Å². The highest BCUT2D eigenvalue weighted by Crippen LogP contribution is 2.15. The number of anilines is 1. The number of benzene rings is 1. The van der Waals surface area contributed by atoms with Gasteiger partial charge in [0.1, 0.15) is 0 Å². The number of rotatable bonds is 4. The molecule has 1 aromatic carbocycles. The summed E-state index contributed by atoms with van der Waals surface area (Å²) < 4.78 is 0. The van der Waals surface area contributed by atoms with Gasteiger partial charge in [0.25, 0.3) is 0 Å². The van der Waals surface area contributed by atoms with Crippen LogP contribution in [0.4, 0.5) is 5.69 Å². The van der Waals surface area contributed by atoms with Gasteiger partial charge in [-0.1, -0.05) is 30.9 Å². The van der Waals surface area contributed by atoms with E-state index in [1.165, 1.54) is 6.08 Å². The molecule has 0 unspecified atom stereocenters. The largest absolute Gasteiger partial charge is 0.322 e. The summed E-state index contributed by atoms with van der Waals surface area (Å²) >= 11 is 0. The third kappa shape index (κ3) is 2.59. The molecule has 0 aliphatic rings. The zero-order chi connectivity index (χ0) is 10.4. The summed E-state index contributed by atoms with van der Waals surface area (Å²) in [6.45, 7) is 7.06. The van der Waals surface area contributed by atoms with Crippen LogP contribution in [0.5, 0.6) is 0 Å². The van der Waals surface area contributed by atoms with Gasteiger partial charge in [-0.15, -0.1) is 6.58 Å². The van der Waals surface area contributed by atoms with E-state index < -0.39 is 0 Å². The number of allylic oxidation sites excluding steroid dienone is 1. The van der Waals surface area contributed by atoms with E-state index in [9.17, 15) is 4.79 Å². The fraction of sp³-hybridized carbons (Fsp3) is 0.0833. The molecule has 0 radical (unpaired) electrons. The molecule has 0 aromatic heterocycles. The van der Waals surface area contributed by atoms with Crippen LogP contribution in [0.3, 0.4) is 0 Å². The van der Waals surface area contributed by atoms with Crippen molar-refractivity contribution in [3.05, 3.63) is 55.1 Å². The van der Waals surface area contributed by atoms with Crippen molar-refractivity contribution >= 4 is 11.6 Å². The fourth-order valence-electron chi connectivity index (χ4n) is 1.16. The van der Waals surface area contributed by atoms with Crippen LogP contribution < -0.4 is 5.32 Å². The molecule has 0 bridgehead atoms. The molecule has 1 rings (SSSR count). The first-order chi connectivity index (χ1) is 6.77. The Kier molecular flexibility index (Phi) is 3.68. The SMILES string of the molecule is C=CCc1ccccc1NC(=O)C=C. The van der Waals surface area contributed by atoms with Crippen molar-refractivity contribution in [3.63, 3.8) is 0 Å². The van der Waals surface area contributed by atoms with Gasteiger partial charge in [0.15, 0.2) is 0 Å². The lowest BCUT2D eigenvalue weighted by atomic mass is 10.1. The Morgan fingerprint density at radius 1 is 1.36 bits per heavy atom. The molecule has 2 nitrogen and oxygen atoms in total. The molecule has 0 fully saturated rings. The summed E-state index contributed by atoms with van der Waals surface area (Å²) in [6.07, 6.45) is 3.80. The van der Waals surface area contributed by atoms with Crippen molar-refractivity contribution in [1.29, 1.82) is 0 Å². The molecule has 14 heavy (non-hydrogen) atoms. The zero-order valence-corrected chi connectivity index (χ0v) is 7.99. The first-order valence-corrected chi connectivity index (χ1v) is 4.40. The summed E-state index contributed by atoms with van der Waals surface area (Å²) in [5.74, 6) is -0.193. The minimum Gasteiger partial charge on any atom is -0.322 e. The normalized spacial score (nSPS) is 9.14. The van der Waals surface area contributed by atoms with E-state index in [-0.39, 0.29) is 5.91 Å². The molecule has 0 heterocycles. The lowest BCUT2D eigenvalue weighted by Crippen LogP contribution is -2.08. The van der Waals surface area contributed by atoms with Gasteiger partial charge in [-0.05, 0) is 24.1 Å². The van der Waals surface area contributed by atoms with Crippen molar-refractivity contribution < 1.29 is 4.79 Å². The molecule has 0 spiro atoms. The van der Waals surface area contributed by atoms with E-state index in [1.54, 1.807) is 6.08 Å². The van der Waals surface area contributed by atoms with Crippen LogP contribution in [-0.2, 0) is 11.2 Å². The maximum atomic E-state index is 11.1. The standard InChI is InChI=1S/C12H13NO/c1-3-7-10-8-5-6-9-11(10)13-12(14)4-2/h3-6,8-9H,1-2,7H2,(H,13,14). The number of hydrogen-bond acceptors (Lipinski definition) is 1. The van der Waals surface area contributed by atoms with Crippen LogP contribution >= 0.6 is 0 Å². The van der Waals surface area contributed by atoms with E-state index in [1.807, 2.05) is 24.3 Å². The minimum atomic E-state index is -0.193. The van der Waals surface area contributed by atoms with Gasteiger partial charge in [-0.3, -0.25) is 4.79 Å². The molecule has 1 N–H and O–H groups in total. The summed E-state index contributed by atoms with van der Waals surface area (Å²) in [5, 5.41) is 2.74. The summed E-state index contributed by atoms with van der Waals surface area (Å²) in [6, 6.07) is 7.63. The minimum absolute atomic E-state index is 0.193. The first kappa shape index (κ1) is 10.3. The molecule has 2 heteroatoms. The molecule has 0 aliphatic carbocycles. The second-order valence-electron chi connectivity index (χ2n) is 2.84. The second-order valence-corrected chi connectivity index (χ2v) is 2.84. The van der Waals surface area contributed by atoms with Gasteiger partial charge in [0.05, 0.1) is 0 Å². The smallest absolute Gasteiger partial charge is 0.247 e. The lowest BCUT2D eigenvalue weighted by molar-refractivity contribution is -0.111. The Bertz CT molecular complexity index is 355. The molecular formula is C12H13NO. The van der Waals surface area contributed by atoms with Gasteiger partial charge >= 0.3 is 0 Å². The third-order valence-electron chi connectivity index (χ3n) is 1.82. The lowest BCUT2D eigenvalue weighted by Gasteiger charge is -2.07. The van der Waals surface area contributed by atoms with Crippen LogP contribution in [0.25, 0.3) is 0 Å². The number of nitrogens with one attached hydrogen (secondary N) is 1. The quantitative estimate of drug-likeness (QED) is 0.569. The monoisotopic (exact) mass is 187 g/mol. The molecule has 72 valence electrons. The highest BCUT2D eigenvalue weighted by Gasteiger charge is 2.01. The highest BCUT2D eigenvalue weighted by atomic mass is 16.1. The second kappa shape index (κ2) is 5.02. The molecule has 0 saturated carbocycles. The van der Waals surface area contributed by atoms with Crippen molar-refractivity contribution in [2.24, 2.45) is 0 Å². The van der Waals surface area contributed by atoms with E-state index in [0.717, 1.165) is 17.7 Å². The number of carbonyl (C=O) groups is 1. The molecule has 1 aromatic rings. The number of hydrogen-bond donors (Lipinski definition) is 1. The fourth-order valence-corrected chi connectivity index (χ4v) is 1.16. The molecular weight excluding hydrogens is 174 g/mol. The van der Waals surface area contributed by atoms with Crippen molar-refractivity contribution in [2.75, 3.05) is 5.32 Å². The van der Waals surface area contributed by atoms with Gasteiger partial charge in [-0.2, -0.15) is 0 Å². The maximum absolute atomic E-state index is 11.1. The topological polar surface area (TPSA) is 29.1 Å². The summed E-state index contributed by atoms with van der Waals surface area (Å²) in [7, 11) is 0. The van der Waals surface area contributed by atoms with Gasteiger partial charge < -0.3 is 5.32 Å². The van der Waals surface area contributed by atoms with Crippen LogP contribution in [0.15, 0.2) is 49.6 Å². The number of amides is 1. The van der Waals surface area contributed by atoms with Crippen LogP contribution in [0.1, 0.15) is 5.56 Å². The maximum Gasteiger partial charge on any atom is 0.247 e. The van der Waals surface area contributed by atoms with Crippen LogP contribution in [0.2, 0.25) is 0 Å². The summed E-state index contributed by atoms with van der Waals surface area (Å²) in [4.78, 5) is 11.1. The van der Waals surface area contributed by atoms with E-state index in [0.29, 0.717) is 0 Å². The van der Waals surface area contributed by atoms with Crippen molar-refractivity contribution in [2.45, 2.75) is 6.42 Å². The van der Waals surface area contributed by atoms with E-state index >= 15 is 0 Å². The Hall–Kier alpha value is -1.83. The average Bonchev–Trinajstić information content (AvgIpc) is 2.21. The molecule has 1 amide bonds. The van der Waals surface area contributed by atoms with E-state index in [4.69, 9.17) is 0 Å².